The van der Waals surface area contributed by atoms with Crippen LogP contribution in [0.1, 0.15) is 13.8 Å². The molecule has 0 amide bonds. The maximum atomic E-state index is 5.30. The zero-order valence-electron chi connectivity index (χ0n) is 7.81. The fourth-order valence-corrected chi connectivity index (χ4v) is 0.696. The Kier molecular flexibility index (Phi) is 7.89. The van der Waals surface area contributed by atoms with Crippen molar-refractivity contribution in [1.29, 1.82) is 0 Å². The highest BCUT2D eigenvalue weighted by molar-refractivity contribution is 4.50. The summed E-state index contributed by atoms with van der Waals surface area (Å²) in [6.07, 6.45) is 0. The van der Waals surface area contributed by atoms with Crippen molar-refractivity contribution in [1.82, 2.24) is 10.6 Å². The van der Waals surface area contributed by atoms with Gasteiger partial charge in [0.2, 0.25) is 0 Å². The fourth-order valence-electron chi connectivity index (χ4n) is 0.696. The monoisotopic (exact) mass is 160 g/mol. The molecule has 0 saturated carbocycles. The van der Waals surface area contributed by atoms with Gasteiger partial charge in [0.15, 0.2) is 0 Å². The second kappa shape index (κ2) is 7.98. The number of nitrogens with one attached hydrogen (secondary N) is 2. The lowest BCUT2D eigenvalue weighted by molar-refractivity contribution is 0.137. The van der Waals surface area contributed by atoms with Crippen LogP contribution in [0.2, 0.25) is 0 Å². The molecule has 3 heteroatoms. The molecule has 0 spiro atoms. The van der Waals surface area contributed by atoms with Gasteiger partial charge in [0.05, 0.1) is 13.2 Å². The minimum absolute atomic E-state index is 0.558. The molecule has 2 N–H and O–H groups in total. The summed E-state index contributed by atoms with van der Waals surface area (Å²) in [5, 5.41) is 6.30. The van der Waals surface area contributed by atoms with Crippen LogP contribution in [0.15, 0.2) is 0 Å². The van der Waals surface area contributed by atoms with Gasteiger partial charge in [-0.1, -0.05) is 13.8 Å². The lowest BCUT2D eigenvalue weighted by Crippen LogP contribution is -2.27. The predicted molar refractivity (Wildman–Crippen MR) is 47.9 cm³/mol. The first-order valence-electron chi connectivity index (χ1n) is 4.23. The SMILES string of the molecule is CNCCOCCNC(C)C. The molecular weight excluding hydrogens is 140 g/mol. The van der Waals surface area contributed by atoms with Crippen LogP contribution in [0.25, 0.3) is 0 Å². The van der Waals surface area contributed by atoms with E-state index in [9.17, 15) is 0 Å². The molecule has 0 unspecified atom stereocenters. The van der Waals surface area contributed by atoms with Crippen LogP contribution in [-0.2, 0) is 4.74 Å². The van der Waals surface area contributed by atoms with Gasteiger partial charge in [-0.25, -0.2) is 0 Å². The van der Waals surface area contributed by atoms with Gasteiger partial charge in [-0.2, -0.15) is 0 Å². The molecule has 0 bridgehead atoms. The van der Waals surface area contributed by atoms with E-state index >= 15 is 0 Å². The third-order valence-corrected chi connectivity index (χ3v) is 1.30. The normalized spacial score (nSPS) is 10.9. The summed E-state index contributed by atoms with van der Waals surface area (Å²) in [5.41, 5.74) is 0. The summed E-state index contributed by atoms with van der Waals surface area (Å²) in [4.78, 5) is 0. The number of hydrogen-bond acceptors (Lipinski definition) is 3. The molecule has 0 aliphatic heterocycles. The Balaban J connectivity index is 2.80. The standard InChI is InChI=1S/C8H20N2O/c1-8(2)10-5-7-11-6-4-9-3/h8-10H,4-7H2,1-3H3. The van der Waals surface area contributed by atoms with Gasteiger partial charge in [-0.3, -0.25) is 0 Å². The molecule has 0 radical (unpaired) electrons. The summed E-state index contributed by atoms with van der Waals surface area (Å²) >= 11 is 0. The van der Waals surface area contributed by atoms with Crippen LogP contribution < -0.4 is 10.6 Å². The first-order valence-corrected chi connectivity index (χ1v) is 4.23. The molecule has 0 fully saturated rings. The van der Waals surface area contributed by atoms with E-state index in [1.807, 2.05) is 7.05 Å². The highest BCUT2D eigenvalue weighted by atomic mass is 16.5. The molecule has 0 aromatic carbocycles. The van der Waals surface area contributed by atoms with Crippen LogP contribution in [0.3, 0.4) is 0 Å². The van der Waals surface area contributed by atoms with Crippen molar-refractivity contribution < 1.29 is 4.74 Å². The second-order valence-corrected chi connectivity index (χ2v) is 2.82. The molecule has 0 rings (SSSR count). The van der Waals surface area contributed by atoms with Gasteiger partial charge in [0.25, 0.3) is 0 Å². The summed E-state index contributed by atoms with van der Waals surface area (Å²) in [6.45, 7) is 7.75. The van der Waals surface area contributed by atoms with Gasteiger partial charge < -0.3 is 15.4 Å². The minimum atomic E-state index is 0.558. The molecule has 0 heterocycles. The smallest absolute Gasteiger partial charge is 0.0591 e. The zero-order valence-corrected chi connectivity index (χ0v) is 7.81. The van der Waals surface area contributed by atoms with E-state index in [1.165, 1.54) is 0 Å². The second-order valence-electron chi connectivity index (χ2n) is 2.82. The highest BCUT2D eigenvalue weighted by Crippen LogP contribution is 1.76. The quantitative estimate of drug-likeness (QED) is 0.523. The number of likely N-dealkylation sites (N-methyl/N-ethyl adjacent to an activating group) is 1. The Labute approximate surface area is 69.5 Å². The summed E-state index contributed by atoms with van der Waals surface area (Å²) in [7, 11) is 1.93. The Morgan fingerprint density at radius 1 is 1.18 bits per heavy atom. The van der Waals surface area contributed by atoms with E-state index in [2.05, 4.69) is 24.5 Å². The maximum absolute atomic E-state index is 5.30. The summed E-state index contributed by atoms with van der Waals surface area (Å²) in [6, 6.07) is 0.558. The van der Waals surface area contributed by atoms with Gasteiger partial charge >= 0.3 is 0 Å². The zero-order chi connectivity index (χ0) is 8.53. The highest BCUT2D eigenvalue weighted by Gasteiger charge is 1.90. The van der Waals surface area contributed by atoms with Crippen molar-refractivity contribution >= 4 is 0 Å². The van der Waals surface area contributed by atoms with Crippen molar-refractivity contribution in [2.24, 2.45) is 0 Å². The third-order valence-electron chi connectivity index (χ3n) is 1.30. The Morgan fingerprint density at radius 3 is 2.36 bits per heavy atom. The van der Waals surface area contributed by atoms with Crippen LogP contribution in [0.5, 0.6) is 0 Å². The van der Waals surface area contributed by atoms with Crippen LogP contribution in [0.4, 0.5) is 0 Å². The molecule has 0 aliphatic rings. The molecule has 0 aliphatic carbocycles. The van der Waals surface area contributed by atoms with Gasteiger partial charge in [-0.05, 0) is 7.05 Å². The number of hydrogen-bond donors (Lipinski definition) is 2. The molecule has 0 saturated heterocycles. The van der Waals surface area contributed by atoms with E-state index < -0.39 is 0 Å². The maximum Gasteiger partial charge on any atom is 0.0591 e. The van der Waals surface area contributed by atoms with E-state index in [4.69, 9.17) is 4.74 Å². The van der Waals surface area contributed by atoms with Crippen molar-refractivity contribution in [3.63, 3.8) is 0 Å². The number of rotatable bonds is 7. The van der Waals surface area contributed by atoms with E-state index in [0.717, 1.165) is 26.3 Å². The minimum Gasteiger partial charge on any atom is -0.379 e. The molecule has 0 aromatic rings. The third kappa shape index (κ3) is 9.88. The van der Waals surface area contributed by atoms with Gasteiger partial charge in [0.1, 0.15) is 0 Å². The van der Waals surface area contributed by atoms with E-state index in [1.54, 1.807) is 0 Å². The Morgan fingerprint density at radius 2 is 1.82 bits per heavy atom. The lowest BCUT2D eigenvalue weighted by atomic mass is 10.4. The Hall–Kier alpha value is -0.120. The van der Waals surface area contributed by atoms with E-state index in [-0.39, 0.29) is 0 Å². The largest absolute Gasteiger partial charge is 0.379 e. The molecular formula is C8H20N2O. The lowest BCUT2D eigenvalue weighted by Gasteiger charge is -2.07. The average Bonchev–Trinajstić information content (AvgIpc) is 1.96. The van der Waals surface area contributed by atoms with Crippen LogP contribution in [0, 0.1) is 0 Å². The van der Waals surface area contributed by atoms with Gasteiger partial charge in [0, 0.05) is 19.1 Å². The average molecular weight is 160 g/mol. The molecule has 0 atom stereocenters. The molecule has 68 valence electrons. The molecule has 3 nitrogen and oxygen atoms in total. The first kappa shape index (κ1) is 10.9. The van der Waals surface area contributed by atoms with Crippen LogP contribution in [-0.4, -0.2) is 39.4 Å². The first-order chi connectivity index (χ1) is 5.27. The predicted octanol–water partition coefficient (Wildman–Crippen LogP) is 0.220. The van der Waals surface area contributed by atoms with E-state index in [0.29, 0.717) is 6.04 Å². The molecule has 11 heavy (non-hydrogen) atoms. The summed E-state index contributed by atoms with van der Waals surface area (Å²) < 4.78 is 5.30. The molecule has 0 aromatic heterocycles. The van der Waals surface area contributed by atoms with Crippen molar-refractivity contribution in [2.75, 3.05) is 33.4 Å². The Bertz CT molecular complexity index is 76.5. The van der Waals surface area contributed by atoms with Crippen molar-refractivity contribution in [3.05, 3.63) is 0 Å². The number of ether oxygens (including phenoxy) is 1. The summed E-state index contributed by atoms with van der Waals surface area (Å²) in [5.74, 6) is 0. The van der Waals surface area contributed by atoms with Gasteiger partial charge in [-0.15, -0.1) is 0 Å². The topological polar surface area (TPSA) is 33.3 Å². The fraction of sp³-hybridized carbons (Fsp3) is 1.00. The van der Waals surface area contributed by atoms with Crippen molar-refractivity contribution in [3.8, 4) is 0 Å². The van der Waals surface area contributed by atoms with Crippen molar-refractivity contribution in [2.45, 2.75) is 19.9 Å². The van der Waals surface area contributed by atoms with Crippen LogP contribution >= 0.6 is 0 Å².